The first kappa shape index (κ1) is 12.2. The van der Waals surface area contributed by atoms with E-state index in [1.54, 1.807) is 7.11 Å². The van der Waals surface area contributed by atoms with Crippen LogP contribution in [0.5, 0.6) is 5.75 Å². The van der Waals surface area contributed by atoms with Gasteiger partial charge in [-0.1, -0.05) is 0 Å². The maximum absolute atomic E-state index is 5.43. The Morgan fingerprint density at radius 1 is 1.29 bits per heavy atom. The van der Waals surface area contributed by atoms with Crippen LogP contribution in [-0.4, -0.2) is 40.1 Å². The normalized spacial score (nSPS) is 16.0. The lowest BCUT2D eigenvalue weighted by atomic mass is 10.1. The van der Waals surface area contributed by atoms with Crippen molar-refractivity contribution in [3.63, 3.8) is 0 Å². The molecular formula is C13H20N2O2. The molecular weight excluding hydrogens is 216 g/mol. The molecule has 0 amide bonds. The molecule has 1 fully saturated rings. The number of piperazine rings is 1. The summed E-state index contributed by atoms with van der Waals surface area (Å²) in [4.78, 5) is 2.41. The van der Waals surface area contributed by atoms with Crippen molar-refractivity contribution in [1.29, 1.82) is 0 Å². The molecule has 0 saturated carbocycles. The quantitative estimate of drug-likeness (QED) is 0.801. The minimum absolute atomic E-state index is 0.298. The van der Waals surface area contributed by atoms with Crippen LogP contribution < -0.4 is 15.0 Å². The van der Waals surface area contributed by atoms with Gasteiger partial charge in [-0.2, -0.15) is 0 Å². The summed E-state index contributed by atoms with van der Waals surface area (Å²) >= 11 is 0. The van der Waals surface area contributed by atoms with E-state index >= 15 is 0 Å². The van der Waals surface area contributed by atoms with E-state index in [0.717, 1.165) is 31.9 Å². The van der Waals surface area contributed by atoms with Crippen molar-refractivity contribution in [2.75, 3.05) is 45.0 Å². The maximum atomic E-state index is 5.43. The van der Waals surface area contributed by atoms with Gasteiger partial charge in [0.2, 0.25) is 0 Å². The fourth-order valence-electron chi connectivity index (χ4n) is 2.11. The van der Waals surface area contributed by atoms with Crippen LogP contribution in [0.4, 0.5) is 5.69 Å². The number of rotatable bonds is 4. The number of hydrogen-bond donors (Lipinski definition) is 1. The Labute approximate surface area is 103 Å². The summed E-state index contributed by atoms with van der Waals surface area (Å²) in [6.07, 6.45) is 0. The van der Waals surface area contributed by atoms with Crippen LogP contribution in [0.1, 0.15) is 5.56 Å². The summed E-state index contributed by atoms with van der Waals surface area (Å²) in [5.74, 6) is 0.864. The fraction of sp³-hybridized carbons (Fsp3) is 0.538. The Hall–Kier alpha value is -1.26. The van der Waals surface area contributed by atoms with Gasteiger partial charge in [-0.3, -0.25) is 0 Å². The lowest BCUT2D eigenvalue weighted by molar-refractivity contribution is 0.0511. The van der Waals surface area contributed by atoms with Gasteiger partial charge < -0.3 is 19.7 Å². The number of benzene rings is 1. The average Bonchev–Trinajstić information content (AvgIpc) is 2.37. The highest BCUT2D eigenvalue weighted by molar-refractivity contribution is 5.56. The van der Waals surface area contributed by atoms with Crippen LogP contribution in [0, 0.1) is 6.92 Å². The molecule has 0 bridgehead atoms. The first-order valence-corrected chi connectivity index (χ1v) is 5.99. The van der Waals surface area contributed by atoms with Crippen molar-refractivity contribution in [2.45, 2.75) is 6.92 Å². The summed E-state index contributed by atoms with van der Waals surface area (Å²) in [6, 6.07) is 6.20. The first-order valence-electron chi connectivity index (χ1n) is 5.99. The smallest absolute Gasteiger partial charge is 0.188 e. The van der Waals surface area contributed by atoms with Crippen molar-refractivity contribution in [3.05, 3.63) is 23.8 Å². The molecule has 0 atom stereocenters. The highest BCUT2D eigenvalue weighted by atomic mass is 16.7. The predicted molar refractivity (Wildman–Crippen MR) is 68.8 cm³/mol. The first-order chi connectivity index (χ1) is 8.31. The molecule has 4 heteroatoms. The van der Waals surface area contributed by atoms with E-state index in [2.05, 4.69) is 29.3 Å². The predicted octanol–water partition coefficient (Wildman–Crippen LogP) is 1.39. The number of nitrogens with one attached hydrogen (secondary N) is 1. The lowest BCUT2D eigenvalue weighted by Crippen LogP contribution is -2.43. The Bertz CT molecular complexity index is 362. The van der Waals surface area contributed by atoms with E-state index in [9.17, 15) is 0 Å². The van der Waals surface area contributed by atoms with Crippen LogP contribution in [0.2, 0.25) is 0 Å². The monoisotopic (exact) mass is 236 g/mol. The summed E-state index contributed by atoms with van der Waals surface area (Å²) in [6.45, 7) is 6.67. The lowest BCUT2D eigenvalue weighted by Gasteiger charge is -2.30. The molecule has 1 aliphatic heterocycles. The fourth-order valence-corrected chi connectivity index (χ4v) is 2.11. The molecule has 0 aromatic heterocycles. The zero-order valence-corrected chi connectivity index (χ0v) is 10.5. The number of methoxy groups -OCH3 is 1. The highest BCUT2D eigenvalue weighted by Gasteiger charge is 2.12. The second-order valence-corrected chi connectivity index (χ2v) is 4.24. The van der Waals surface area contributed by atoms with Gasteiger partial charge in [0, 0.05) is 39.0 Å². The van der Waals surface area contributed by atoms with E-state index in [0.29, 0.717) is 6.79 Å². The number of ether oxygens (including phenoxy) is 2. The van der Waals surface area contributed by atoms with Crippen molar-refractivity contribution in [1.82, 2.24) is 5.32 Å². The van der Waals surface area contributed by atoms with Crippen LogP contribution in [-0.2, 0) is 4.74 Å². The van der Waals surface area contributed by atoms with Crippen molar-refractivity contribution >= 4 is 5.69 Å². The molecule has 1 saturated heterocycles. The summed E-state index contributed by atoms with van der Waals surface area (Å²) in [7, 11) is 1.63. The van der Waals surface area contributed by atoms with Crippen LogP contribution in [0.25, 0.3) is 0 Å². The van der Waals surface area contributed by atoms with Crippen molar-refractivity contribution in [3.8, 4) is 5.75 Å². The third kappa shape index (κ3) is 3.11. The molecule has 0 spiro atoms. The Balaban J connectivity index is 2.07. The standard InChI is InChI=1S/C13H20N2O2/c1-11-9-12(17-10-16-2)3-4-13(11)15-7-5-14-6-8-15/h3-4,9,14H,5-8,10H2,1-2H3. The molecule has 17 heavy (non-hydrogen) atoms. The van der Waals surface area contributed by atoms with Gasteiger partial charge in [0.1, 0.15) is 5.75 Å². The van der Waals surface area contributed by atoms with E-state index in [4.69, 9.17) is 9.47 Å². The average molecular weight is 236 g/mol. The molecule has 0 aliphatic carbocycles. The van der Waals surface area contributed by atoms with Crippen LogP contribution in [0.15, 0.2) is 18.2 Å². The minimum Gasteiger partial charge on any atom is -0.468 e. The maximum Gasteiger partial charge on any atom is 0.188 e. The molecule has 1 aromatic rings. The molecule has 1 heterocycles. The zero-order chi connectivity index (χ0) is 12.1. The molecule has 1 N–H and O–H groups in total. The largest absolute Gasteiger partial charge is 0.468 e. The summed E-state index contributed by atoms with van der Waals surface area (Å²) in [5, 5.41) is 3.36. The molecule has 94 valence electrons. The van der Waals surface area contributed by atoms with E-state index in [1.165, 1.54) is 11.3 Å². The van der Waals surface area contributed by atoms with Gasteiger partial charge >= 0.3 is 0 Å². The number of hydrogen-bond acceptors (Lipinski definition) is 4. The number of nitrogens with zero attached hydrogens (tertiary/aromatic N) is 1. The van der Waals surface area contributed by atoms with Crippen molar-refractivity contribution in [2.24, 2.45) is 0 Å². The molecule has 1 aromatic carbocycles. The Kier molecular flexibility index (Phi) is 4.23. The molecule has 0 radical (unpaired) electrons. The highest BCUT2D eigenvalue weighted by Crippen LogP contribution is 2.25. The second kappa shape index (κ2) is 5.89. The summed E-state index contributed by atoms with van der Waals surface area (Å²) < 4.78 is 10.3. The topological polar surface area (TPSA) is 33.7 Å². The zero-order valence-electron chi connectivity index (χ0n) is 10.5. The van der Waals surface area contributed by atoms with Gasteiger partial charge in [-0.25, -0.2) is 0 Å². The molecule has 4 nitrogen and oxygen atoms in total. The van der Waals surface area contributed by atoms with Crippen molar-refractivity contribution < 1.29 is 9.47 Å². The molecule has 0 unspecified atom stereocenters. The minimum atomic E-state index is 0.298. The molecule has 1 aliphatic rings. The van der Waals surface area contributed by atoms with E-state index in [1.807, 2.05) is 6.07 Å². The van der Waals surface area contributed by atoms with Gasteiger partial charge in [0.15, 0.2) is 6.79 Å². The van der Waals surface area contributed by atoms with Gasteiger partial charge in [0.25, 0.3) is 0 Å². The number of aryl methyl sites for hydroxylation is 1. The van der Waals surface area contributed by atoms with Gasteiger partial charge in [-0.15, -0.1) is 0 Å². The number of anilines is 1. The van der Waals surface area contributed by atoms with E-state index < -0.39 is 0 Å². The second-order valence-electron chi connectivity index (χ2n) is 4.24. The Morgan fingerprint density at radius 3 is 2.71 bits per heavy atom. The summed E-state index contributed by atoms with van der Waals surface area (Å²) in [5.41, 5.74) is 2.55. The third-order valence-electron chi connectivity index (χ3n) is 2.97. The molecule has 2 rings (SSSR count). The van der Waals surface area contributed by atoms with Crippen LogP contribution in [0.3, 0.4) is 0 Å². The van der Waals surface area contributed by atoms with E-state index in [-0.39, 0.29) is 0 Å². The Morgan fingerprint density at radius 2 is 2.06 bits per heavy atom. The van der Waals surface area contributed by atoms with Gasteiger partial charge in [0.05, 0.1) is 0 Å². The third-order valence-corrected chi connectivity index (χ3v) is 2.97. The van der Waals surface area contributed by atoms with Gasteiger partial charge in [-0.05, 0) is 30.7 Å². The van der Waals surface area contributed by atoms with Crippen LogP contribution >= 0.6 is 0 Å². The SMILES string of the molecule is COCOc1ccc(N2CCNCC2)c(C)c1.